The van der Waals surface area contributed by atoms with Crippen molar-refractivity contribution in [3.8, 4) is 17.2 Å². The number of aromatic nitrogens is 3. The minimum Gasteiger partial charge on any atom is -0.497 e. The molecule has 0 aliphatic rings. The fourth-order valence-corrected chi connectivity index (χ4v) is 4.09. The van der Waals surface area contributed by atoms with E-state index in [-0.39, 0.29) is 17.8 Å². The lowest BCUT2D eigenvalue weighted by Gasteiger charge is -2.18. The van der Waals surface area contributed by atoms with Crippen LogP contribution in [0, 0.1) is 13.8 Å². The number of amides is 1. The van der Waals surface area contributed by atoms with Crippen molar-refractivity contribution in [1.82, 2.24) is 14.8 Å². The number of hydrogen-bond acceptors (Lipinski definition) is 7. The van der Waals surface area contributed by atoms with Crippen LogP contribution in [0.4, 0.5) is 5.69 Å². The van der Waals surface area contributed by atoms with Crippen molar-refractivity contribution < 1.29 is 19.0 Å². The third kappa shape index (κ3) is 5.91. The molecule has 3 rings (SSSR count). The molecule has 0 spiro atoms. The SMILES string of the molecule is C=CCn1c(SCC(=O)Nc2cc(OC)ccc2OC)nnc1C(C)Oc1cccc(C)c1C. The topological polar surface area (TPSA) is 87.5 Å². The highest BCUT2D eigenvalue weighted by atomic mass is 32.2. The largest absolute Gasteiger partial charge is 0.497 e. The van der Waals surface area contributed by atoms with Gasteiger partial charge in [0.1, 0.15) is 17.2 Å². The number of allylic oxidation sites excluding steroid dienone is 1. The fraction of sp³-hybridized carbons (Fsp3) is 0.320. The summed E-state index contributed by atoms with van der Waals surface area (Å²) in [5, 5.41) is 12.1. The Labute approximate surface area is 204 Å². The van der Waals surface area contributed by atoms with Gasteiger partial charge in [0, 0.05) is 12.6 Å². The molecule has 9 heteroatoms. The lowest BCUT2D eigenvalue weighted by molar-refractivity contribution is -0.113. The van der Waals surface area contributed by atoms with Crippen LogP contribution in [0.3, 0.4) is 0 Å². The highest BCUT2D eigenvalue weighted by Crippen LogP contribution is 2.30. The maximum Gasteiger partial charge on any atom is 0.234 e. The number of anilines is 1. The van der Waals surface area contributed by atoms with Crippen LogP contribution in [-0.4, -0.2) is 40.6 Å². The molecule has 0 fully saturated rings. The first-order valence-electron chi connectivity index (χ1n) is 10.8. The molecule has 0 aliphatic carbocycles. The minimum absolute atomic E-state index is 0.141. The van der Waals surface area contributed by atoms with Gasteiger partial charge in [-0.1, -0.05) is 30.0 Å². The van der Waals surface area contributed by atoms with Gasteiger partial charge in [0.2, 0.25) is 5.91 Å². The lowest BCUT2D eigenvalue weighted by atomic mass is 10.1. The van der Waals surface area contributed by atoms with Gasteiger partial charge in [0.05, 0.1) is 25.7 Å². The van der Waals surface area contributed by atoms with Gasteiger partial charge < -0.3 is 19.5 Å². The molecule has 0 aliphatic heterocycles. The first-order valence-corrected chi connectivity index (χ1v) is 11.8. The molecule has 8 nitrogen and oxygen atoms in total. The summed E-state index contributed by atoms with van der Waals surface area (Å²) in [6, 6.07) is 11.2. The highest BCUT2D eigenvalue weighted by molar-refractivity contribution is 7.99. The average Bonchev–Trinajstić information content (AvgIpc) is 3.23. The first-order chi connectivity index (χ1) is 16.4. The summed E-state index contributed by atoms with van der Waals surface area (Å²) in [5.74, 6) is 2.58. The molecule has 0 bridgehead atoms. The molecule has 0 radical (unpaired) electrons. The first kappa shape index (κ1) is 25.2. The van der Waals surface area contributed by atoms with Gasteiger partial charge in [0.25, 0.3) is 0 Å². The number of ether oxygens (including phenoxy) is 3. The van der Waals surface area contributed by atoms with Crippen LogP contribution in [0.1, 0.15) is 30.0 Å². The molecular formula is C25H30N4O4S. The summed E-state index contributed by atoms with van der Waals surface area (Å²) < 4.78 is 18.7. The summed E-state index contributed by atoms with van der Waals surface area (Å²) in [7, 11) is 3.12. The Kier molecular flexibility index (Phi) is 8.59. The van der Waals surface area contributed by atoms with Crippen LogP contribution in [-0.2, 0) is 11.3 Å². The molecular weight excluding hydrogens is 452 g/mol. The van der Waals surface area contributed by atoms with Gasteiger partial charge >= 0.3 is 0 Å². The maximum absolute atomic E-state index is 12.6. The van der Waals surface area contributed by atoms with E-state index in [1.165, 1.54) is 11.8 Å². The van der Waals surface area contributed by atoms with Crippen molar-refractivity contribution >= 4 is 23.4 Å². The highest BCUT2D eigenvalue weighted by Gasteiger charge is 2.21. The van der Waals surface area contributed by atoms with Gasteiger partial charge in [-0.2, -0.15) is 0 Å². The number of methoxy groups -OCH3 is 2. The molecule has 1 amide bonds. The van der Waals surface area contributed by atoms with Gasteiger partial charge in [-0.3, -0.25) is 9.36 Å². The van der Waals surface area contributed by atoms with Crippen molar-refractivity contribution in [1.29, 1.82) is 0 Å². The van der Waals surface area contributed by atoms with E-state index in [1.54, 1.807) is 38.5 Å². The molecule has 3 aromatic rings. The number of hydrogen-bond donors (Lipinski definition) is 1. The molecule has 1 unspecified atom stereocenters. The molecule has 34 heavy (non-hydrogen) atoms. The number of thioether (sulfide) groups is 1. The molecule has 180 valence electrons. The monoisotopic (exact) mass is 482 g/mol. The Morgan fingerprint density at radius 1 is 1.18 bits per heavy atom. The molecule has 1 N–H and O–H groups in total. The molecule has 2 aromatic carbocycles. The van der Waals surface area contributed by atoms with Gasteiger partial charge in [0.15, 0.2) is 17.1 Å². The smallest absolute Gasteiger partial charge is 0.234 e. The number of benzene rings is 2. The third-order valence-corrected chi connectivity index (χ3v) is 6.26. The summed E-state index contributed by atoms with van der Waals surface area (Å²) in [6.45, 7) is 10.4. The predicted octanol–water partition coefficient (Wildman–Crippen LogP) is 4.97. The van der Waals surface area contributed by atoms with E-state index in [9.17, 15) is 4.79 Å². The van der Waals surface area contributed by atoms with E-state index in [2.05, 4.69) is 22.1 Å². The molecule has 1 atom stereocenters. The van der Waals surface area contributed by atoms with Gasteiger partial charge in [-0.05, 0) is 50.1 Å². The molecule has 1 aromatic heterocycles. The van der Waals surface area contributed by atoms with E-state index < -0.39 is 0 Å². The van der Waals surface area contributed by atoms with Crippen molar-refractivity contribution in [3.05, 3.63) is 66.0 Å². The summed E-state index contributed by atoms with van der Waals surface area (Å²) in [6.07, 6.45) is 1.43. The molecule has 0 saturated heterocycles. The van der Waals surface area contributed by atoms with Crippen molar-refractivity contribution in [2.75, 3.05) is 25.3 Å². The van der Waals surface area contributed by atoms with Crippen LogP contribution in [0.2, 0.25) is 0 Å². The zero-order chi connectivity index (χ0) is 24.7. The summed E-state index contributed by atoms with van der Waals surface area (Å²) >= 11 is 1.29. The fourth-order valence-electron chi connectivity index (χ4n) is 3.33. The van der Waals surface area contributed by atoms with Gasteiger partial charge in [-0.25, -0.2) is 0 Å². The number of aryl methyl sites for hydroxylation is 1. The normalized spacial score (nSPS) is 11.6. The zero-order valence-electron chi connectivity index (χ0n) is 20.1. The van der Waals surface area contributed by atoms with E-state index >= 15 is 0 Å². The van der Waals surface area contributed by atoms with Crippen LogP contribution < -0.4 is 19.5 Å². The Morgan fingerprint density at radius 3 is 2.68 bits per heavy atom. The van der Waals surface area contributed by atoms with E-state index in [0.29, 0.717) is 34.7 Å². The number of nitrogens with one attached hydrogen (secondary N) is 1. The summed E-state index contributed by atoms with van der Waals surface area (Å²) in [5.41, 5.74) is 2.78. The second-order valence-electron chi connectivity index (χ2n) is 7.60. The van der Waals surface area contributed by atoms with E-state index in [0.717, 1.165) is 16.9 Å². The van der Waals surface area contributed by atoms with Crippen LogP contribution >= 0.6 is 11.8 Å². The van der Waals surface area contributed by atoms with Crippen LogP contribution in [0.15, 0.2) is 54.2 Å². The second-order valence-corrected chi connectivity index (χ2v) is 8.54. The van der Waals surface area contributed by atoms with E-state index in [4.69, 9.17) is 14.2 Å². The second kappa shape index (κ2) is 11.6. The predicted molar refractivity (Wildman–Crippen MR) is 134 cm³/mol. The number of carbonyl (C=O) groups is 1. The maximum atomic E-state index is 12.6. The number of rotatable bonds is 11. The Morgan fingerprint density at radius 2 is 1.97 bits per heavy atom. The Balaban J connectivity index is 1.71. The van der Waals surface area contributed by atoms with Gasteiger partial charge in [-0.15, -0.1) is 16.8 Å². The molecule has 0 saturated carbocycles. The van der Waals surface area contributed by atoms with E-state index in [1.807, 2.05) is 43.5 Å². The summed E-state index contributed by atoms with van der Waals surface area (Å²) in [4.78, 5) is 12.6. The number of nitrogens with zero attached hydrogens (tertiary/aromatic N) is 3. The zero-order valence-corrected chi connectivity index (χ0v) is 20.9. The Bertz CT molecular complexity index is 1160. The quantitative estimate of drug-likeness (QED) is 0.305. The minimum atomic E-state index is -0.336. The van der Waals surface area contributed by atoms with Crippen LogP contribution in [0.5, 0.6) is 17.2 Å². The van der Waals surface area contributed by atoms with Crippen molar-refractivity contribution in [2.24, 2.45) is 0 Å². The molecule has 1 heterocycles. The Hall–Kier alpha value is -3.46. The van der Waals surface area contributed by atoms with Crippen molar-refractivity contribution in [2.45, 2.75) is 38.6 Å². The number of carbonyl (C=O) groups excluding carboxylic acids is 1. The van der Waals surface area contributed by atoms with Crippen molar-refractivity contribution in [3.63, 3.8) is 0 Å². The van der Waals surface area contributed by atoms with Crippen LogP contribution in [0.25, 0.3) is 0 Å². The average molecular weight is 483 g/mol. The standard InChI is InChI=1S/C25H30N4O4S/c1-7-13-29-24(18(4)33-21-10-8-9-16(2)17(21)3)27-28-25(29)34-15-23(30)26-20-14-19(31-5)11-12-22(20)32-6/h7-12,14,18H,1,13,15H2,2-6H3,(H,26,30). The third-order valence-electron chi connectivity index (χ3n) is 5.29. The lowest BCUT2D eigenvalue weighted by Crippen LogP contribution is -2.16.